The molecule has 3 N–H and O–H groups in total. The second kappa shape index (κ2) is 12.2. The third-order valence-electron chi connectivity index (χ3n) is 6.22. The van der Waals surface area contributed by atoms with Crippen LogP contribution in [0.3, 0.4) is 0 Å². The Labute approximate surface area is 188 Å². The van der Waals surface area contributed by atoms with Crippen molar-refractivity contribution in [3.8, 4) is 0 Å². The number of hydrogen-bond acceptors (Lipinski definition) is 7. The Balaban J connectivity index is 1.41. The van der Waals surface area contributed by atoms with Gasteiger partial charge in [-0.15, -0.1) is 4.91 Å². The van der Waals surface area contributed by atoms with Gasteiger partial charge < -0.3 is 10.6 Å². The Morgan fingerprint density at radius 1 is 1.28 bits per heavy atom. The number of aromatic nitrogens is 1. The molecule has 0 radical (unpaired) electrons. The van der Waals surface area contributed by atoms with Crippen LogP contribution in [0, 0.1) is 10.8 Å². The van der Waals surface area contributed by atoms with Gasteiger partial charge in [-0.2, -0.15) is 5.10 Å². The van der Waals surface area contributed by atoms with Crippen molar-refractivity contribution in [1.29, 1.82) is 0 Å². The van der Waals surface area contributed by atoms with Crippen molar-refractivity contribution in [3.05, 3.63) is 35.0 Å². The van der Waals surface area contributed by atoms with Gasteiger partial charge in [0.1, 0.15) is 0 Å². The van der Waals surface area contributed by atoms with E-state index in [-0.39, 0.29) is 17.9 Å². The van der Waals surface area contributed by atoms with Crippen molar-refractivity contribution < 1.29 is 9.59 Å². The SMILES string of the molecule is CN(CCCC(=NNC(=O)CCCC[C@@H]1CCC2NCC(=O)NC21)c1cccnc1)N=O. The minimum atomic E-state index is -0.116. The average Bonchev–Trinajstić information content (AvgIpc) is 3.21. The number of carbonyl (C=O) groups is 2. The minimum absolute atomic E-state index is 0.0777. The number of carbonyl (C=O) groups excluding carboxylic acids is 2. The first-order chi connectivity index (χ1) is 15.6. The zero-order valence-corrected chi connectivity index (χ0v) is 18.6. The summed E-state index contributed by atoms with van der Waals surface area (Å²) >= 11 is 0. The highest BCUT2D eigenvalue weighted by atomic mass is 16.3. The molecule has 0 spiro atoms. The van der Waals surface area contributed by atoms with Crippen molar-refractivity contribution in [3.63, 3.8) is 0 Å². The van der Waals surface area contributed by atoms with E-state index in [1.165, 1.54) is 5.01 Å². The van der Waals surface area contributed by atoms with Crippen molar-refractivity contribution in [2.24, 2.45) is 16.3 Å². The van der Waals surface area contributed by atoms with Crippen LogP contribution in [0.5, 0.6) is 0 Å². The van der Waals surface area contributed by atoms with Crippen LogP contribution < -0.4 is 16.1 Å². The highest BCUT2D eigenvalue weighted by Gasteiger charge is 2.38. The number of fused-ring (bicyclic) bond motifs is 1. The van der Waals surface area contributed by atoms with Crippen molar-refractivity contribution in [2.45, 2.75) is 63.5 Å². The van der Waals surface area contributed by atoms with Gasteiger partial charge in [-0.05, 0) is 50.5 Å². The van der Waals surface area contributed by atoms with E-state index in [1.807, 2.05) is 12.1 Å². The molecule has 2 amide bonds. The highest BCUT2D eigenvalue weighted by molar-refractivity contribution is 6.00. The number of unbranched alkanes of at least 4 members (excludes halogenated alkanes) is 1. The number of pyridine rings is 1. The van der Waals surface area contributed by atoms with E-state index in [1.54, 1.807) is 19.4 Å². The number of rotatable bonds is 12. The molecule has 3 rings (SSSR count). The van der Waals surface area contributed by atoms with Gasteiger partial charge in [0.15, 0.2) is 0 Å². The monoisotopic (exact) mass is 443 g/mol. The van der Waals surface area contributed by atoms with Crippen LogP contribution in [-0.2, 0) is 9.59 Å². The van der Waals surface area contributed by atoms with Crippen molar-refractivity contribution in [2.75, 3.05) is 20.1 Å². The molecule has 3 atom stereocenters. The van der Waals surface area contributed by atoms with Crippen molar-refractivity contribution in [1.82, 2.24) is 26.1 Å². The molecule has 2 heterocycles. The molecule has 2 unspecified atom stereocenters. The first-order valence-corrected chi connectivity index (χ1v) is 11.4. The molecule has 1 aromatic rings. The lowest BCUT2D eigenvalue weighted by atomic mass is 9.94. The Morgan fingerprint density at radius 3 is 2.94 bits per heavy atom. The van der Waals surface area contributed by atoms with E-state index >= 15 is 0 Å². The van der Waals surface area contributed by atoms with Gasteiger partial charge in [-0.1, -0.05) is 12.5 Å². The third kappa shape index (κ3) is 7.08. The second-order valence-electron chi connectivity index (χ2n) is 8.57. The minimum Gasteiger partial charge on any atom is -0.350 e. The molecule has 1 aliphatic heterocycles. The van der Waals surface area contributed by atoms with Gasteiger partial charge in [-0.3, -0.25) is 19.6 Å². The van der Waals surface area contributed by atoms with Crippen LogP contribution in [0.15, 0.2) is 34.9 Å². The first kappa shape index (κ1) is 23.8. The van der Waals surface area contributed by atoms with E-state index < -0.39 is 0 Å². The topological polar surface area (TPSA) is 128 Å². The Hall–Kier alpha value is -2.88. The van der Waals surface area contributed by atoms with Crippen LogP contribution >= 0.6 is 0 Å². The number of amides is 2. The van der Waals surface area contributed by atoms with E-state index in [0.29, 0.717) is 44.3 Å². The van der Waals surface area contributed by atoms with Gasteiger partial charge in [0.25, 0.3) is 0 Å². The van der Waals surface area contributed by atoms with Gasteiger partial charge in [0, 0.05) is 50.1 Å². The summed E-state index contributed by atoms with van der Waals surface area (Å²) in [7, 11) is 1.63. The molecule has 1 saturated carbocycles. The normalized spacial score (nSPS) is 22.7. The molecule has 174 valence electrons. The summed E-state index contributed by atoms with van der Waals surface area (Å²) < 4.78 is 0. The molecular formula is C22H33N7O3. The van der Waals surface area contributed by atoms with Gasteiger partial charge in [0.2, 0.25) is 11.8 Å². The number of nitroso groups, excluding NO2 is 1. The number of piperazine rings is 1. The molecule has 10 nitrogen and oxygen atoms in total. The summed E-state index contributed by atoms with van der Waals surface area (Å²) in [6.45, 7) is 0.927. The van der Waals surface area contributed by atoms with Crippen LogP contribution in [0.4, 0.5) is 0 Å². The number of nitrogens with one attached hydrogen (secondary N) is 3. The van der Waals surface area contributed by atoms with E-state index in [4.69, 9.17) is 0 Å². The molecular weight excluding hydrogens is 410 g/mol. The van der Waals surface area contributed by atoms with Gasteiger partial charge in [-0.25, -0.2) is 5.43 Å². The fraction of sp³-hybridized carbons (Fsp3) is 0.636. The second-order valence-corrected chi connectivity index (χ2v) is 8.57. The molecule has 32 heavy (non-hydrogen) atoms. The molecule has 2 aliphatic rings. The molecule has 10 heteroatoms. The van der Waals surface area contributed by atoms with Crippen LogP contribution in [0.2, 0.25) is 0 Å². The number of hydrazone groups is 1. The van der Waals surface area contributed by atoms with E-state index in [0.717, 1.165) is 43.4 Å². The predicted octanol–water partition coefficient (Wildman–Crippen LogP) is 1.72. The van der Waals surface area contributed by atoms with E-state index in [2.05, 4.69) is 31.4 Å². The Kier molecular flexibility index (Phi) is 9.09. The molecule has 1 aliphatic carbocycles. The maximum Gasteiger partial charge on any atom is 0.240 e. The first-order valence-electron chi connectivity index (χ1n) is 11.4. The number of nitrogens with zero attached hydrogens (tertiary/aromatic N) is 4. The lowest BCUT2D eigenvalue weighted by Gasteiger charge is -2.31. The third-order valence-corrected chi connectivity index (χ3v) is 6.22. The largest absolute Gasteiger partial charge is 0.350 e. The van der Waals surface area contributed by atoms with Gasteiger partial charge in [0.05, 0.1) is 17.5 Å². The summed E-state index contributed by atoms with van der Waals surface area (Å²) in [6.07, 6.45) is 10.0. The molecule has 2 fully saturated rings. The zero-order chi connectivity index (χ0) is 22.8. The average molecular weight is 444 g/mol. The molecule has 1 saturated heterocycles. The van der Waals surface area contributed by atoms with Crippen LogP contribution in [0.25, 0.3) is 0 Å². The van der Waals surface area contributed by atoms with Crippen LogP contribution in [0.1, 0.15) is 56.9 Å². The maximum atomic E-state index is 12.3. The fourth-order valence-corrected chi connectivity index (χ4v) is 4.51. The molecule has 1 aromatic heterocycles. The number of hydrogen-bond donors (Lipinski definition) is 3. The predicted molar refractivity (Wildman–Crippen MR) is 121 cm³/mol. The Morgan fingerprint density at radius 2 is 2.16 bits per heavy atom. The highest BCUT2D eigenvalue weighted by Crippen LogP contribution is 2.31. The summed E-state index contributed by atoms with van der Waals surface area (Å²) in [5.74, 6) is 0.442. The summed E-state index contributed by atoms with van der Waals surface area (Å²) in [4.78, 5) is 38.6. The smallest absolute Gasteiger partial charge is 0.240 e. The van der Waals surface area contributed by atoms with Gasteiger partial charge >= 0.3 is 0 Å². The lowest BCUT2D eigenvalue weighted by Crippen LogP contribution is -2.58. The summed E-state index contributed by atoms with van der Waals surface area (Å²) in [6, 6.07) is 4.34. The fourth-order valence-electron chi connectivity index (χ4n) is 4.51. The molecule has 0 aromatic carbocycles. The van der Waals surface area contributed by atoms with Crippen molar-refractivity contribution >= 4 is 17.5 Å². The summed E-state index contributed by atoms with van der Waals surface area (Å²) in [5.41, 5.74) is 4.23. The quantitative estimate of drug-likeness (QED) is 0.195. The molecule has 0 bridgehead atoms. The summed E-state index contributed by atoms with van der Waals surface area (Å²) in [5, 5.41) is 15.0. The standard InChI is InChI=1S/C22H33N7O3/c1-29(28-32)13-5-8-18(17-7-4-12-23-14-17)26-27-20(30)9-3-2-6-16-10-11-19-22(16)25-21(31)15-24-19/h4,7,12,14,16,19,22,24H,2-3,5-6,8-11,13,15H2,1H3,(H,25,31)(H,27,30)/t16-,19?,22?/m1/s1. The maximum absolute atomic E-state index is 12.3. The Bertz CT molecular complexity index is 802. The zero-order valence-electron chi connectivity index (χ0n) is 18.6. The van der Waals surface area contributed by atoms with E-state index in [9.17, 15) is 14.5 Å². The van der Waals surface area contributed by atoms with Crippen LogP contribution in [-0.4, -0.2) is 59.7 Å². The lowest BCUT2D eigenvalue weighted by molar-refractivity contribution is -0.123.